The summed E-state index contributed by atoms with van der Waals surface area (Å²) in [4.78, 5) is 2.46. The minimum absolute atomic E-state index is 0.325. The van der Waals surface area contributed by atoms with Crippen molar-refractivity contribution < 1.29 is 4.74 Å². The van der Waals surface area contributed by atoms with Crippen LogP contribution in [0.4, 0.5) is 0 Å². The highest BCUT2D eigenvalue weighted by Gasteiger charge is 2.23. The average molecular weight is 253 g/mol. The fourth-order valence-electron chi connectivity index (χ4n) is 2.57. The van der Waals surface area contributed by atoms with Crippen molar-refractivity contribution in [2.45, 2.75) is 19.1 Å². The quantitative estimate of drug-likeness (QED) is 0.828. The van der Waals surface area contributed by atoms with Crippen LogP contribution in [0.2, 0.25) is 0 Å². The van der Waals surface area contributed by atoms with E-state index in [0.717, 1.165) is 31.8 Å². The van der Waals surface area contributed by atoms with E-state index in [0.29, 0.717) is 6.10 Å². The highest BCUT2D eigenvalue weighted by atomic mass is 16.5. The molecule has 19 heavy (non-hydrogen) atoms. The number of nitrogens with zero attached hydrogens (tertiary/aromatic N) is 1. The molecule has 1 atom stereocenters. The molecule has 3 rings (SSSR count). The maximum Gasteiger partial charge on any atom is 0.119 e. The molecule has 1 aliphatic rings. The Balaban J connectivity index is 1.53. The zero-order valence-electron chi connectivity index (χ0n) is 11.0. The molecule has 2 aromatic carbocycles. The minimum atomic E-state index is 0.325. The summed E-state index contributed by atoms with van der Waals surface area (Å²) < 4.78 is 6.00. The highest BCUT2D eigenvalue weighted by Crippen LogP contribution is 2.19. The summed E-state index contributed by atoms with van der Waals surface area (Å²) in [5.74, 6) is 0.981. The Labute approximate surface area is 114 Å². The van der Waals surface area contributed by atoms with Gasteiger partial charge in [0, 0.05) is 19.6 Å². The first-order valence-electron chi connectivity index (χ1n) is 6.88. The Kier molecular flexibility index (Phi) is 3.80. The van der Waals surface area contributed by atoms with E-state index in [4.69, 9.17) is 4.74 Å². The van der Waals surface area contributed by atoms with E-state index in [1.54, 1.807) is 0 Å². The van der Waals surface area contributed by atoms with Crippen molar-refractivity contribution in [1.29, 1.82) is 0 Å². The van der Waals surface area contributed by atoms with Crippen molar-refractivity contribution in [3.05, 3.63) is 66.2 Å². The highest BCUT2D eigenvalue weighted by molar-refractivity contribution is 5.21. The third-order valence-electron chi connectivity index (χ3n) is 3.52. The second-order valence-electron chi connectivity index (χ2n) is 5.06. The van der Waals surface area contributed by atoms with E-state index >= 15 is 0 Å². The van der Waals surface area contributed by atoms with Gasteiger partial charge in [-0.2, -0.15) is 0 Å². The summed E-state index contributed by atoms with van der Waals surface area (Å²) in [6, 6.07) is 20.7. The molecule has 0 N–H and O–H groups in total. The molecule has 1 fully saturated rings. The first kappa shape index (κ1) is 12.2. The first-order chi connectivity index (χ1) is 9.40. The van der Waals surface area contributed by atoms with Crippen LogP contribution in [-0.2, 0) is 6.54 Å². The van der Waals surface area contributed by atoms with Gasteiger partial charge in [-0.25, -0.2) is 0 Å². The Morgan fingerprint density at radius 3 is 2.37 bits per heavy atom. The Hall–Kier alpha value is -1.80. The third kappa shape index (κ3) is 3.36. The molecule has 1 saturated heterocycles. The van der Waals surface area contributed by atoms with Gasteiger partial charge in [0.25, 0.3) is 0 Å². The number of hydrogen-bond acceptors (Lipinski definition) is 2. The average Bonchev–Trinajstić information content (AvgIpc) is 2.88. The first-order valence-corrected chi connectivity index (χ1v) is 6.88. The summed E-state index contributed by atoms with van der Waals surface area (Å²) in [6.45, 7) is 3.16. The summed E-state index contributed by atoms with van der Waals surface area (Å²) in [7, 11) is 0. The molecular formula is C17H19NO. The standard InChI is InChI=1S/C17H19NO/c1-3-7-15(8-4-1)13-18-12-11-17(14-18)19-16-9-5-2-6-10-16/h1-10,17H,11-14H2. The number of likely N-dealkylation sites (tertiary alicyclic amines) is 1. The van der Waals surface area contributed by atoms with Gasteiger partial charge >= 0.3 is 0 Å². The summed E-state index contributed by atoms with van der Waals surface area (Å²) in [5, 5.41) is 0. The molecule has 0 aliphatic carbocycles. The molecule has 0 radical (unpaired) electrons. The Morgan fingerprint density at radius 1 is 0.947 bits per heavy atom. The van der Waals surface area contributed by atoms with Crippen molar-refractivity contribution in [2.24, 2.45) is 0 Å². The summed E-state index contributed by atoms with van der Waals surface area (Å²) in [5.41, 5.74) is 1.38. The van der Waals surface area contributed by atoms with Crippen LogP contribution < -0.4 is 4.74 Å². The monoisotopic (exact) mass is 253 g/mol. The Morgan fingerprint density at radius 2 is 1.63 bits per heavy atom. The molecule has 1 aliphatic heterocycles. The maximum absolute atomic E-state index is 6.00. The molecule has 0 aromatic heterocycles. The van der Waals surface area contributed by atoms with E-state index in [-0.39, 0.29) is 0 Å². The molecule has 0 saturated carbocycles. The predicted octanol–water partition coefficient (Wildman–Crippen LogP) is 3.34. The lowest BCUT2D eigenvalue weighted by Gasteiger charge is -2.17. The van der Waals surface area contributed by atoms with Gasteiger partial charge in [-0.3, -0.25) is 4.90 Å². The zero-order chi connectivity index (χ0) is 12.9. The molecule has 2 heteroatoms. The van der Waals surface area contributed by atoms with Crippen molar-refractivity contribution in [3.63, 3.8) is 0 Å². The van der Waals surface area contributed by atoms with E-state index in [1.165, 1.54) is 5.56 Å². The lowest BCUT2D eigenvalue weighted by atomic mass is 10.2. The molecule has 0 bridgehead atoms. The minimum Gasteiger partial charge on any atom is -0.489 e. The number of hydrogen-bond donors (Lipinski definition) is 0. The van der Waals surface area contributed by atoms with Gasteiger partial charge < -0.3 is 4.74 Å². The number of para-hydroxylation sites is 1. The third-order valence-corrected chi connectivity index (χ3v) is 3.52. The van der Waals surface area contributed by atoms with Gasteiger partial charge in [0.1, 0.15) is 11.9 Å². The van der Waals surface area contributed by atoms with Gasteiger partial charge in [-0.1, -0.05) is 48.5 Å². The van der Waals surface area contributed by atoms with Gasteiger partial charge in [0.2, 0.25) is 0 Å². The van der Waals surface area contributed by atoms with Crippen molar-refractivity contribution in [1.82, 2.24) is 4.90 Å². The fraction of sp³-hybridized carbons (Fsp3) is 0.294. The molecule has 1 unspecified atom stereocenters. The number of benzene rings is 2. The van der Waals surface area contributed by atoms with E-state index in [2.05, 4.69) is 35.2 Å². The van der Waals surface area contributed by atoms with Crippen LogP contribution in [0.25, 0.3) is 0 Å². The van der Waals surface area contributed by atoms with Crippen LogP contribution >= 0.6 is 0 Å². The van der Waals surface area contributed by atoms with E-state index in [1.807, 2.05) is 30.3 Å². The van der Waals surface area contributed by atoms with Gasteiger partial charge in [0.05, 0.1) is 0 Å². The van der Waals surface area contributed by atoms with Crippen LogP contribution in [0.5, 0.6) is 5.75 Å². The van der Waals surface area contributed by atoms with Crippen molar-refractivity contribution in [2.75, 3.05) is 13.1 Å². The van der Waals surface area contributed by atoms with Crippen molar-refractivity contribution >= 4 is 0 Å². The van der Waals surface area contributed by atoms with Crippen LogP contribution in [0.1, 0.15) is 12.0 Å². The second kappa shape index (κ2) is 5.89. The van der Waals surface area contributed by atoms with Gasteiger partial charge in [0.15, 0.2) is 0 Å². The number of rotatable bonds is 4. The van der Waals surface area contributed by atoms with E-state index < -0.39 is 0 Å². The number of ether oxygens (including phenoxy) is 1. The second-order valence-corrected chi connectivity index (χ2v) is 5.06. The molecular weight excluding hydrogens is 234 g/mol. The summed E-state index contributed by atoms with van der Waals surface area (Å²) >= 11 is 0. The largest absolute Gasteiger partial charge is 0.489 e. The van der Waals surface area contributed by atoms with Gasteiger partial charge in [-0.05, 0) is 24.1 Å². The fourth-order valence-corrected chi connectivity index (χ4v) is 2.57. The molecule has 98 valence electrons. The van der Waals surface area contributed by atoms with Crippen LogP contribution in [-0.4, -0.2) is 24.1 Å². The summed E-state index contributed by atoms with van der Waals surface area (Å²) in [6.07, 6.45) is 1.44. The van der Waals surface area contributed by atoms with Crippen molar-refractivity contribution in [3.8, 4) is 5.75 Å². The lowest BCUT2D eigenvalue weighted by molar-refractivity contribution is 0.198. The zero-order valence-corrected chi connectivity index (χ0v) is 11.0. The molecule has 0 amide bonds. The maximum atomic E-state index is 6.00. The lowest BCUT2D eigenvalue weighted by Crippen LogP contribution is -2.24. The molecule has 1 heterocycles. The molecule has 2 aromatic rings. The SMILES string of the molecule is c1ccc(CN2CCC(Oc3ccccc3)C2)cc1. The predicted molar refractivity (Wildman–Crippen MR) is 77.2 cm³/mol. The van der Waals surface area contributed by atoms with Crippen LogP contribution in [0.3, 0.4) is 0 Å². The molecule has 0 spiro atoms. The Bertz CT molecular complexity index is 450. The normalized spacial score (nSPS) is 19.5. The van der Waals surface area contributed by atoms with Crippen LogP contribution in [0.15, 0.2) is 60.7 Å². The van der Waals surface area contributed by atoms with Gasteiger partial charge in [-0.15, -0.1) is 0 Å². The topological polar surface area (TPSA) is 12.5 Å². The van der Waals surface area contributed by atoms with Crippen LogP contribution in [0, 0.1) is 0 Å². The van der Waals surface area contributed by atoms with E-state index in [9.17, 15) is 0 Å². The molecule has 2 nitrogen and oxygen atoms in total. The smallest absolute Gasteiger partial charge is 0.119 e.